The van der Waals surface area contributed by atoms with Crippen molar-refractivity contribution in [1.82, 2.24) is 0 Å². The summed E-state index contributed by atoms with van der Waals surface area (Å²) in [6, 6.07) is 0. The van der Waals surface area contributed by atoms with Crippen LogP contribution in [0.25, 0.3) is 0 Å². The van der Waals surface area contributed by atoms with Gasteiger partial charge in [-0.1, -0.05) is 6.92 Å². The molecule has 0 amide bonds. The van der Waals surface area contributed by atoms with Crippen LogP contribution in [0.3, 0.4) is 0 Å². The summed E-state index contributed by atoms with van der Waals surface area (Å²) < 4.78 is 159. The lowest BCUT2D eigenvalue weighted by Gasteiger charge is -2.09. The summed E-state index contributed by atoms with van der Waals surface area (Å²) in [5.41, 5.74) is 0. The van der Waals surface area contributed by atoms with Crippen molar-refractivity contribution in [3.05, 3.63) is 0 Å². The van der Waals surface area contributed by atoms with Gasteiger partial charge in [0.05, 0.1) is 383 Å². The van der Waals surface area contributed by atoms with Crippen LogP contribution in [0.4, 0.5) is 0 Å². The van der Waals surface area contributed by atoms with E-state index in [2.05, 4.69) is 6.92 Å². The normalized spacial score (nSPS) is 11.8. The topological polar surface area (TPSA) is 288 Å². The summed E-state index contributed by atoms with van der Waals surface area (Å²) in [6.45, 7) is 30.9. The maximum atomic E-state index is 8.62. The third-order valence-corrected chi connectivity index (χ3v) is 11.0. The standard InChI is InChI=1S/C61H124O30/c1-2-4-63-6-8-65-10-12-67-14-16-69-18-20-71-22-24-73-26-28-75-30-32-77-34-36-79-38-40-81-42-44-83-46-48-85-50-52-87-54-56-89-58-60-91-61-59-90-57-55-88-53-51-86-49-47-84-45-43-82-41-39-80-37-35-78-33-31-76-29-27-74-25-23-72-21-19-70-17-15-68-13-11-66-9-7-64-5-3-62/h62H,2-61H2,1H3. The Morgan fingerprint density at radius 3 is 0.242 bits per heavy atom. The molecule has 0 fully saturated rings. The quantitative estimate of drug-likeness (QED) is 0.0827. The molecule has 0 bridgehead atoms. The first-order chi connectivity index (χ1) is 45.4. The third kappa shape index (κ3) is 88.8. The molecule has 0 heterocycles. The van der Waals surface area contributed by atoms with Crippen molar-refractivity contribution < 1.29 is 142 Å². The van der Waals surface area contributed by atoms with Gasteiger partial charge in [-0.15, -0.1) is 0 Å². The molecule has 91 heavy (non-hydrogen) atoms. The summed E-state index contributed by atoms with van der Waals surface area (Å²) in [5, 5.41) is 8.62. The Hall–Kier alpha value is -1.20. The monoisotopic (exact) mass is 1340 g/mol. The first kappa shape index (κ1) is 89.8. The maximum absolute atomic E-state index is 8.62. The van der Waals surface area contributed by atoms with Gasteiger partial charge in [-0.25, -0.2) is 0 Å². The van der Waals surface area contributed by atoms with Gasteiger partial charge in [0.25, 0.3) is 0 Å². The zero-order valence-electron chi connectivity index (χ0n) is 55.7. The van der Waals surface area contributed by atoms with Crippen molar-refractivity contribution in [2.75, 3.05) is 390 Å². The van der Waals surface area contributed by atoms with Crippen LogP contribution in [0.1, 0.15) is 13.3 Å². The molecule has 0 rings (SSSR count). The Balaban J connectivity index is 3.09. The highest BCUT2D eigenvalue weighted by Gasteiger charge is 2.02. The summed E-state index contributed by atoms with van der Waals surface area (Å²) in [4.78, 5) is 0. The molecule has 0 unspecified atom stereocenters. The predicted molar refractivity (Wildman–Crippen MR) is 331 cm³/mol. The minimum absolute atomic E-state index is 0.0169. The highest BCUT2D eigenvalue weighted by molar-refractivity contribution is 4.44. The molecule has 0 saturated heterocycles. The van der Waals surface area contributed by atoms with Gasteiger partial charge in [0.15, 0.2) is 0 Å². The molecule has 548 valence electrons. The Morgan fingerprint density at radius 1 is 0.110 bits per heavy atom. The lowest BCUT2D eigenvalue weighted by molar-refractivity contribution is -0.0324. The van der Waals surface area contributed by atoms with E-state index in [0.29, 0.717) is 377 Å². The van der Waals surface area contributed by atoms with Crippen molar-refractivity contribution in [2.45, 2.75) is 13.3 Å². The number of rotatable bonds is 88. The van der Waals surface area contributed by atoms with E-state index < -0.39 is 0 Å². The van der Waals surface area contributed by atoms with Crippen molar-refractivity contribution >= 4 is 0 Å². The van der Waals surface area contributed by atoms with E-state index in [-0.39, 0.29) is 6.61 Å². The zero-order valence-corrected chi connectivity index (χ0v) is 55.7. The second-order valence-corrected chi connectivity index (χ2v) is 18.5. The Labute approximate surface area is 544 Å². The van der Waals surface area contributed by atoms with E-state index in [1.165, 1.54) is 0 Å². The third-order valence-electron chi connectivity index (χ3n) is 11.0. The molecule has 0 saturated carbocycles. The molecule has 1 N–H and O–H groups in total. The molecule has 0 aromatic rings. The van der Waals surface area contributed by atoms with Crippen LogP contribution in [0.5, 0.6) is 0 Å². The highest BCUT2D eigenvalue weighted by Crippen LogP contribution is 1.93. The van der Waals surface area contributed by atoms with E-state index in [0.717, 1.165) is 13.0 Å². The van der Waals surface area contributed by atoms with Crippen LogP contribution in [-0.4, -0.2) is 395 Å². The second kappa shape index (κ2) is 88.8. The fraction of sp³-hybridized carbons (Fsp3) is 1.00. The number of aliphatic hydroxyl groups is 1. The van der Waals surface area contributed by atoms with Crippen LogP contribution >= 0.6 is 0 Å². The summed E-state index contributed by atoms with van der Waals surface area (Å²) in [5.74, 6) is 0. The lowest BCUT2D eigenvalue weighted by Crippen LogP contribution is -2.16. The number of hydrogen-bond acceptors (Lipinski definition) is 30. The molecule has 30 nitrogen and oxygen atoms in total. The van der Waals surface area contributed by atoms with Crippen LogP contribution in [-0.2, 0) is 137 Å². The number of hydrogen-bond donors (Lipinski definition) is 1. The molecule has 0 aliphatic heterocycles. The molecule has 0 aliphatic carbocycles. The molecule has 0 atom stereocenters. The molecular formula is C61H124O30. The average molecular weight is 1340 g/mol. The van der Waals surface area contributed by atoms with Gasteiger partial charge in [0.2, 0.25) is 0 Å². The number of ether oxygens (including phenoxy) is 29. The minimum Gasteiger partial charge on any atom is -0.394 e. The Morgan fingerprint density at radius 2 is 0.176 bits per heavy atom. The van der Waals surface area contributed by atoms with Crippen LogP contribution in [0, 0.1) is 0 Å². The second-order valence-electron chi connectivity index (χ2n) is 18.5. The first-order valence-electron chi connectivity index (χ1n) is 32.8. The van der Waals surface area contributed by atoms with Crippen LogP contribution < -0.4 is 0 Å². The lowest BCUT2D eigenvalue weighted by atomic mass is 10.5. The molecule has 0 aromatic heterocycles. The summed E-state index contributed by atoms with van der Waals surface area (Å²) in [6.07, 6.45) is 1.02. The van der Waals surface area contributed by atoms with E-state index in [1.54, 1.807) is 0 Å². The van der Waals surface area contributed by atoms with E-state index >= 15 is 0 Å². The molecule has 0 spiro atoms. The van der Waals surface area contributed by atoms with Crippen LogP contribution in [0.2, 0.25) is 0 Å². The first-order valence-corrected chi connectivity index (χ1v) is 32.8. The SMILES string of the molecule is CCCOCCOCCOCCOCCOCCOCCOCCOCCOCCOCCOCCOCCOCCOCCOCCOCCOCCOCCOCCOCCOCCOCCOCCOCCOCCOCCOCCOCCOCCO. The van der Waals surface area contributed by atoms with Gasteiger partial charge in [0.1, 0.15) is 0 Å². The molecule has 0 radical (unpaired) electrons. The summed E-state index contributed by atoms with van der Waals surface area (Å²) >= 11 is 0. The Bertz CT molecular complexity index is 1150. The smallest absolute Gasteiger partial charge is 0.0701 e. The molecule has 30 heteroatoms. The minimum atomic E-state index is 0.0169. The fourth-order valence-electron chi connectivity index (χ4n) is 6.47. The average Bonchev–Trinajstić information content (AvgIpc) is 3.56. The highest BCUT2D eigenvalue weighted by atomic mass is 16.6. The number of aliphatic hydroxyl groups excluding tert-OH is 1. The van der Waals surface area contributed by atoms with E-state index in [4.69, 9.17) is 142 Å². The van der Waals surface area contributed by atoms with Gasteiger partial charge in [-0.3, -0.25) is 0 Å². The van der Waals surface area contributed by atoms with Crippen molar-refractivity contribution in [2.24, 2.45) is 0 Å². The van der Waals surface area contributed by atoms with Gasteiger partial charge in [-0.2, -0.15) is 0 Å². The van der Waals surface area contributed by atoms with Crippen LogP contribution in [0.15, 0.2) is 0 Å². The molecule has 0 aliphatic rings. The largest absolute Gasteiger partial charge is 0.394 e. The van der Waals surface area contributed by atoms with E-state index in [1.807, 2.05) is 0 Å². The van der Waals surface area contributed by atoms with E-state index in [9.17, 15) is 0 Å². The van der Waals surface area contributed by atoms with Crippen molar-refractivity contribution in [3.8, 4) is 0 Å². The van der Waals surface area contributed by atoms with Crippen molar-refractivity contribution in [1.29, 1.82) is 0 Å². The Kier molecular flexibility index (Phi) is 87.6. The zero-order chi connectivity index (χ0) is 64.9. The summed E-state index contributed by atoms with van der Waals surface area (Å²) in [7, 11) is 0. The molecular weight excluding hydrogens is 1210 g/mol. The van der Waals surface area contributed by atoms with Gasteiger partial charge < -0.3 is 142 Å². The van der Waals surface area contributed by atoms with Gasteiger partial charge >= 0.3 is 0 Å². The molecule has 0 aromatic carbocycles. The predicted octanol–water partition coefficient (Wildman–Crippen LogP) is 0.870. The fourth-order valence-corrected chi connectivity index (χ4v) is 6.47. The van der Waals surface area contributed by atoms with Crippen molar-refractivity contribution in [3.63, 3.8) is 0 Å². The van der Waals surface area contributed by atoms with Gasteiger partial charge in [-0.05, 0) is 6.42 Å². The maximum Gasteiger partial charge on any atom is 0.0701 e. The van der Waals surface area contributed by atoms with Gasteiger partial charge in [0, 0.05) is 6.61 Å².